The van der Waals surface area contributed by atoms with E-state index in [9.17, 15) is 0 Å². The highest BCUT2D eigenvalue weighted by Gasteiger charge is 2.42. The molecule has 1 unspecified atom stereocenters. The summed E-state index contributed by atoms with van der Waals surface area (Å²) in [5, 5.41) is 4.92. The summed E-state index contributed by atoms with van der Waals surface area (Å²) in [5.74, 6) is 1.03. The third-order valence-corrected chi connectivity index (χ3v) is 5.81. The third kappa shape index (κ3) is 3.71. The van der Waals surface area contributed by atoms with Crippen molar-refractivity contribution in [1.82, 2.24) is 15.2 Å². The van der Waals surface area contributed by atoms with E-state index in [0.717, 1.165) is 45.2 Å². The molecule has 2 aromatic rings. The molecule has 1 spiro atoms. The van der Waals surface area contributed by atoms with Gasteiger partial charge < -0.3 is 19.9 Å². The van der Waals surface area contributed by atoms with Crippen molar-refractivity contribution in [1.29, 1.82) is 0 Å². The molecule has 1 atom stereocenters. The molecule has 1 aromatic carbocycles. The number of nitrogens with zero attached hydrogens (tertiary/aromatic N) is 2. The molecule has 1 aromatic heterocycles. The Kier molecular flexibility index (Phi) is 6.12. The van der Waals surface area contributed by atoms with Crippen molar-refractivity contribution in [2.45, 2.75) is 26.2 Å². The highest BCUT2D eigenvalue weighted by atomic mass is 127. The van der Waals surface area contributed by atoms with Gasteiger partial charge in [0.1, 0.15) is 0 Å². The highest BCUT2D eigenvalue weighted by molar-refractivity contribution is 14.0. The minimum Gasteiger partial charge on any atom is -0.381 e. The topological polar surface area (TPSA) is 52.7 Å². The van der Waals surface area contributed by atoms with Crippen LogP contribution in [0.25, 0.3) is 10.9 Å². The van der Waals surface area contributed by atoms with Crippen molar-refractivity contribution in [2.75, 3.05) is 39.9 Å². The van der Waals surface area contributed by atoms with Crippen molar-refractivity contribution in [3.63, 3.8) is 0 Å². The number of H-pyrrole nitrogens is 1. The first-order valence-electron chi connectivity index (χ1n) is 9.30. The number of aryl methyl sites for hydroxylation is 1. The fraction of sp³-hybridized carbons (Fsp3) is 0.550. The zero-order valence-electron chi connectivity index (χ0n) is 15.7. The van der Waals surface area contributed by atoms with Gasteiger partial charge in [-0.3, -0.25) is 4.99 Å². The van der Waals surface area contributed by atoms with Crippen LogP contribution in [-0.2, 0) is 11.2 Å². The van der Waals surface area contributed by atoms with Gasteiger partial charge in [0, 0.05) is 55.8 Å². The normalized spacial score (nSPS) is 23.0. The van der Waals surface area contributed by atoms with E-state index in [1.807, 2.05) is 7.05 Å². The summed E-state index contributed by atoms with van der Waals surface area (Å²) in [6, 6.07) is 6.43. The van der Waals surface area contributed by atoms with Crippen LogP contribution in [0.4, 0.5) is 0 Å². The average molecular weight is 468 g/mol. The average Bonchev–Trinajstić information content (AvgIpc) is 3.34. The Labute approximate surface area is 172 Å². The van der Waals surface area contributed by atoms with Gasteiger partial charge in [0.2, 0.25) is 0 Å². The Balaban J connectivity index is 0.00000196. The first-order chi connectivity index (χ1) is 12.2. The largest absolute Gasteiger partial charge is 0.381 e. The van der Waals surface area contributed by atoms with Gasteiger partial charge in [-0.1, -0.05) is 12.1 Å². The van der Waals surface area contributed by atoms with E-state index < -0.39 is 0 Å². The lowest BCUT2D eigenvalue weighted by molar-refractivity contribution is 0.156. The van der Waals surface area contributed by atoms with E-state index >= 15 is 0 Å². The van der Waals surface area contributed by atoms with Crippen LogP contribution in [0.1, 0.15) is 24.0 Å². The fourth-order valence-electron chi connectivity index (χ4n) is 4.38. The Hall–Kier alpha value is -1.28. The van der Waals surface area contributed by atoms with Crippen LogP contribution in [0.2, 0.25) is 0 Å². The molecule has 3 heterocycles. The van der Waals surface area contributed by atoms with Crippen LogP contribution in [0, 0.1) is 12.3 Å². The van der Waals surface area contributed by atoms with E-state index in [1.165, 1.54) is 34.9 Å². The second kappa shape index (κ2) is 8.17. The van der Waals surface area contributed by atoms with Crippen molar-refractivity contribution in [3.05, 3.63) is 35.5 Å². The van der Waals surface area contributed by atoms with Crippen LogP contribution in [0.15, 0.2) is 29.4 Å². The maximum Gasteiger partial charge on any atom is 0.193 e. The van der Waals surface area contributed by atoms with Crippen LogP contribution in [0.3, 0.4) is 0 Å². The molecule has 2 aliphatic heterocycles. The van der Waals surface area contributed by atoms with Crippen molar-refractivity contribution < 1.29 is 4.74 Å². The molecule has 0 amide bonds. The Morgan fingerprint density at radius 3 is 3.04 bits per heavy atom. The highest BCUT2D eigenvalue weighted by Crippen LogP contribution is 2.38. The standard InChI is InChI=1S/C20H28N4O.HI/c1-15-4-3-5-17-18(15)16(12-23-17)6-9-22-19(21-2)24-10-7-20(13-24)8-11-25-14-20;/h3-5,12,23H,6-11,13-14H2,1-2H3,(H,21,22);1H. The molecular formula is C20H29IN4O. The lowest BCUT2D eigenvalue weighted by Gasteiger charge is -2.25. The van der Waals surface area contributed by atoms with Crippen molar-refractivity contribution in [3.8, 4) is 0 Å². The summed E-state index contributed by atoms with van der Waals surface area (Å²) in [7, 11) is 1.88. The van der Waals surface area contributed by atoms with Gasteiger partial charge in [-0.2, -0.15) is 0 Å². The van der Waals surface area contributed by atoms with Crippen LogP contribution in [-0.4, -0.2) is 55.7 Å². The second-order valence-electron chi connectivity index (χ2n) is 7.51. The van der Waals surface area contributed by atoms with Crippen LogP contribution >= 0.6 is 24.0 Å². The molecule has 142 valence electrons. The number of benzene rings is 1. The number of rotatable bonds is 3. The van der Waals surface area contributed by atoms with Gasteiger partial charge in [-0.25, -0.2) is 0 Å². The van der Waals surface area contributed by atoms with E-state index in [2.05, 4.69) is 51.5 Å². The molecule has 2 N–H and O–H groups in total. The maximum atomic E-state index is 5.64. The summed E-state index contributed by atoms with van der Waals surface area (Å²) in [4.78, 5) is 10.3. The smallest absolute Gasteiger partial charge is 0.193 e. The molecule has 0 saturated carbocycles. The van der Waals surface area contributed by atoms with Gasteiger partial charge in [0.25, 0.3) is 0 Å². The monoisotopic (exact) mass is 468 g/mol. The van der Waals surface area contributed by atoms with E-state index in [-0.39, 0.29) is 24.0 Å². The van der Waals surface area contributed by atoms with Gasteiger partial charge in [0.05, 0.1) is 6.61 Å². The zero-order chi connectivity index (χ0) is 17.3. The second-order valence-corrected chi connectivity index (χ2v) is 7.51. The number of nitrogens with one attached hydrogen (secondary N) is 2. The summed E-state index contributed by atoms with van der Waals surface area (Å²) in [6.07, 6.45) is 5.54. The minimum atomic E-state index is 0. The predicted molar refractivity (Wildman–Crippen MR) is 118 cm³/mol. The van der Waals surface area contributed by atoms with Gasteiger partial charge in [-0.15, -0.1) is 24.0 Å². The van der Waals surface area contributed by atoms with Gasteiger partial charge in [0.15, 0.2) is 5.96 Å². The molecule has 2 fully saturated rings. The molecule has 0 aliphatic carbocycles. The third-order valence-electron chi connectivity index (χ3n) is 5.81. The van der Waals surface area contributed by atoms with Crippen molar-refractivity contribution >= 4 is 40.8 Å². The number of fused-ring (bicyclic) bond motifs is 1. The number of aliphatic imine (C=N–C) groups is 1. The number of likely N-dealkylation sites (tertiary alicyclic amines) is 1. The number of halogens is 1. The maximum absolute atomic E-state index is 5.64. The first-order valence-corrected chi connectivity index (χ1v) is 9.30. The number of guanidine groups is 1. The van der Waals surface area contributed by atoms with Gasteiger partial charge in [-0.05, 0) is 43.4 Å². The number of ether oxygens (including phenoxy) is 1. The zero-order valence-corrected chi connectivity index (χ0v) is 18.0. The molecule has 6 heteroatoms. The summed E-state index contributed by atoms with van der Waals surface area (Å²) in [6.45, 7) is 7.05. The number of hydrogen-bond donors (Lipinski definition) is 2. The summed E-state index contributed by atoms with van der Waals surface area (Å²) in [5.41, 5.74) is 4.30. The first kappa shape index (κ1) is 19.5. The Morgan fingerprint density at radius 2 is 2.27 bits per heavy atom. The SMILES string of the molecule is CN=C(NCCc1c[nH]c2cccc(C)c12)N1CCC2(CCOC2)C1.I. The Bertz CT molecular complexity index is 779. The number of aromatic amines is 1. The molecule has 5 nitrogen and oxygen atoms in total. The Morgan fingerprint density at radius 1 is 1.38 bits per heavy atom. The lowest BCUT2D eigenvalue weighted by atomic mass is 9.87. The lowest BCUT2D eigenvalue weighted by Crippen LogP contribution is -2.42. The molecular weight excluding hydrogens is 439 g/mol. The molecule has 0 bridgehead atoms. The minimum absolute atomic E-state index is 0. The quantitative estimate of drug-likeness (QED) is 0.413. The molecule has 4 rings (SSSR count). The molecule has 26 heavy (non-hydrogen) atoms. The summed E-state index contributed by atoms with van der Waals surface area (Å²) < 4.78 is 5.64. The van der Waals surface area contributed by atoms with Gasteiger partial charge >= 0.3 is 0 Å². The van der Waals surface area contributed by atoms with Crippen LogP contribution < -0.4 is 5.32 Å². The van der Waals surface area contributed by atoms with E-state index in [4.69, 9.17) is 4.74 Å². The molecule has 2 saturated heterocycles. The summed E-state index contributed by atoms with van der Waals surface area (Å²) >= 11 is 0. The number of aromatic nitrogens is 1. The predicted octanol–water partition coefficient (Wildman–Crippen LogP) is 3.32. The molecule has 0 radical (unpaired) electrons. The van der Waals surface area contributed by atoms with E-state index in [1.54, 1.807) is 0 Å². The fourth-order valence-corrected chi connectivity index (χ4v) is 4.38. The van der Waals surface area contributed by atoms with Crippen LogP contribution in [0.5, 0.6) is 0 Å². The van der Waals surface area contributed by atoms with Crippen molar-refractivity contribution in [2.24, 2.45) is 10.4 Å². The van der Waals surface area contributed by atoms with E-state index in [0.29, 0.717) is 5.41 Å². The molecule has 2 aliphatic rings. The number of hydrogen-bond acceptors (Lipinski definition) is 2.